The highest BCUT2D eigenvalue weighted by Crippen LogP contribution is 2.21. The molecule has 1 aliphatic rings. The predicted molar refractivity (Wildman–Crippen MR) is 68.6 cm³/mol. The molecular formula is C13H28N2O. The monoisotopic (exact) mass is 228 g/mol. The van der Waals surface area contributed by atoms with Crippen molar-refractivity contribution in [1.82, 2.24) is 10.2 Å². The van der Waals surface area contributed by atoms with Gasteiger partial charge in [-0.05, 0) is 19.9 Å². The number of hydrogen-bond donors (Lipinski definition) is 2. The lowest BCUT2D eigenvalue weighted by molar-refractivity contribution is 0.154. The van der Waals surface area contributed by atoms with E-state index < -0.39 is 0 Å². The van der Waals surface area contributed by atoms with E-state index >= 15 is 0 Å². The van der Waals surface area contributed by atoms with Gasteiger partial charge in [-0.25, -0.2) is 0 Å². The van der Waals surface area contributed by atoms with Crippen LogP contribution in [-0.4, -0.2) is 49.3 Å². The lowest BCUT2D eigenvalue weighted by Crippen LogP contribution is -2.39. The third-order valence-corrected chi connectivity index (χ3v) is 3.62. The third kappa shape index (κ3) is 4.81. The van der Waals surface area contributed by atoms with Crippen molar-refractivity contribution < 1.29 is 5.11 Å². The maximum absolute atomic E-state index is 9.12. The van der Waals surface area contributed by atoms with Gasteiger partial charge in [0.25, 0.3) is 0 Å². The zero-order valence-corrected chi connectivity index (χ0v) is 11.1. The molecule has 0 radical (unpaired) electrons. The molecule has 0 spiro atoms. The van der Waals surface area contributed by atoms with Gasteiger partial charge < -0.3 is 15.3 Å². The van der Waals surface area contributed by atoms with Crippen molar-refractivity contribution >= 4 is 0 Å². The van der Waals surface area contributed by atoms with Crippen LogP contribution in [0.15, 0.2) is 0 Å². The molecule has 0 amide bonds. The van der Waals surface area contributed by atoms with E-state index in [1.165, 1.54) is 25.7 Å². The standard InChI is InChI=1S/C13H28N2O/c1-13(2,11-16)10-14-8-9-15(3)12-6-4-5-7-12/h12,14,16H,4-11H2,1-3H3. The summed E-state index contributed by atoms with van der Waals surface area (Å²) in [7, 11) is 2.23. The van der Waals surface area contributed by atoms with Gasteiger partial charge in [-0.15, -0.1) is 0 Å². The molecule has 96 valence electrons. The summed E-state index contributed by atoms with van der Waals surface area (Å²) in [6.07, 6.45) is 5.55. The van der Waals surface area contributed by atoms with Crippen LogP contribution in [0.5, 0.6) is 0 Å². The summed E-state index contributed by atoms with van der Waals surface area (Å²) in [5.41, 5.74) is 0.00588. The van der Waals surface area contributed by atoms with Crippen molar-refractivity contribution in [3.63, 3.8) is 0 Å². The van der Waals surface area contributed by atoms with E-state index in [-0.39, 0.29) is 12.0 Å². The first kappa shape index (κ1) is 13.9. The first-order chi connectivity index (χ1) is 7.55. The second-order valence-electron chi connectivity index (χ2n) is 5.92. The van der Waals surface area contributed by atoms with Gasteiger partial charge in [-0.2, -0.15) is 0 Å². The van der Waals surface area contributed by atoms with Crippen LogP contribution in [0.4, 0.5) is 0 Å². The Labute approximate surface area is 100 Å². The Kier molecular flexibility index (Phi) is 5.73. The Hall–Kier alpha value is -0.120. The topological polar surface area (TPSA) is 35.5 Å². The first-order valence-electron chi connectivity index (χ1n) is 6.57. The second kappa shape index (κ2) is 6.58. The highest BCUT2D eigenvalue weighted by atomic mass is 16.3. The molecule has 0 aromatic heterocycles. The maximum atomic E-state index is 9.12. The Morgan fingerprint density at radius 3 is 2.50 bits per heavy atom. The number of aliphatic hydroxyl groups excluding tert-OH is 1. The largest absolute Gasteiger partial charge is 0.396 e. The molecule has 1 saturated carbocycles. The van der Waals surface area contributed by atoms with Crippen molar-refractivity contribution in [2.45, 2.75) is 45.6 Å². The number of aliphatic hydroxyl groups is 1. The zero-order valence-electron chi connectivity index (χ0n) is 11.1. The molecule has 0 aliphatic heterocycles. The summed E-state index contributed by atoms with van der Waals surface area (Å²) in [6.45, 7) is 7.45. The molecule has 0 bridgehead atoms. The lowest BCUT2D eigenvalue weighted by Gasteiger charge is -2.26. The quantitative estimate of drug-likeness (QED) is 0.648. The summed E-state index contributed by atoms with van der Waals surface area (Å²) < 4.78 is 0. The summed E-state index contributed by atoms with van der Waals surface area (Å²) in [5.74, 6) is 0. The number of hydrogen-bond acceptors (Lipinski definition) is 3. The summed E-state index contributed by atoms with van der Waals surface area (Å²) in [5, 5.41) is 12.6. The SMILES string of the molecule is CN(CCNCC(C)(C)CO)C1CCCC1. The van der Waals surface area contributed by atoms with Crippen molar-refractivity contribution in [1.29, 1.82) is 0 Å². The van der Waals surface area contributed by atoms with E-state index in [0.717, 1.165) is 25.7 Å². The molecule has 3 nitrogen and oxygen atoms in total. The fourth-order valence-corrected chi connectivity index (χ4v) is 2.27. The van der Waals surface area contributed by atoms with Crippen LogP contribution in [0.2, 0.25) is 0 Å². The van der Waals surface area contributed by atoms with Crippen LogP contribution in [-0.2, 0) is 0 Å². The van der Waals surface area contributed by atoms with Crippen LogP contribution in [0.3, 0.4) is 0 Å². The first-order valence-corrected chi connectivity index (χ1v) is 6.57. The van der Waals surface area contributed by atoms with Crippen molar-refractivity contribution in [2.24, 2.45) is 5.41 Å². The Morgan fingerprint density at radius 2 is 1.94 bits per heavy atom. The molecule has 0 saturated heterocycles. The lowest BCUT2D eigenvalue weighted by atomic mass is 9.95. The molecule has 0 aromatic carbocycles. The second-order valence-corrected chi connectivity index (χ2v) is 5.92. The van der Waals surface area contributed by atoms with Crippen LogP contribution in [0.25, 0.3) is 0 Å². The van der Waals surface area contributed by atoms with Crippen molar-refractivity contribution in [3.8, 4) is 0 Å². The minimum absolute atomic E-state index is 0.00588. The Balaban J connectivity index is 2.06. The van der Waals surface area contributed by atoms with E-state index in [0.29, 0.717) is 0 Å². The van der Waals surface area contributed by atoms with Gasteiger partial charge in [0.15, 0.2) is 0 Å². The molecule has 0 unspecified atom stereocenters. The summed E-state index contributed by atoms with van der Waals surface area (Å²) in [6, 6.07) is 0.813. The van der Waals surface area contributed by atoms with E-state index in [4.69, 9.17) is 5.11 Å². The van der Waals surface area contributed by atoms with E-state index in [1.807, 2.05) is 0 Å². The molecule has 16 heavy (non-hydrogen) atoms. The van der Waals surface area contributed by atoms with Crippen molar-refractivity contribution in [3.05, 3.63) is 0 Å². The molecular weight excluding hydrogens is 200 g/mol. The number of rotatable bonds is 7. The minimum atomic E-state index is 0.00588. The molecule has 3 heteroatoms. The average molecular weight is 228 g/mol. The molecule has 1 fully saturated rings. The van der Waals surface area contributed by atoms with Crippen LogP contribution >= 0.6 is 0 Å². The normalized spacial score (nSPS) is 18.6. The fraction of sp³-hybridized carbons (Fsp3) is 1.00. The van der Waals surface area contributed by atoms with Crippen LogP contribution in [0.1, 0.15) is 39.5 Å². The minimum Gasteiger partial charge on any atom is -0.396 e. The van der Waals surface area contributed by atoms with Gasteiger partial charge in [0.1, 0.15) is 0 Å². The summed E-state index contributed by atoms with van der Waals surface area (Å²) >= 11 is 0. The zero-order chi connectivity index (χ0) is 12.0. The molecule has 1 aliphatic carbocycles. The van der Waals surface area contributed by atoms with E-state index in [1.54, 1.807) is 0 Å². The average Bonchev–Trinajstić information content (AvgIpc) is 2.77. The van der Waals surface area contributed by atoms with Gasteiger partial charge in [0, 0.05) is 37.7 Å². The third-order valence-electron chi connectivity index (χ3n) is 3.62. The highest BCUT2D eigenvalue weighted by Gasteiger charge is 2.19. The van der Waals surface area contributed by atoms with Crippen molar-refractivity contribution in [2.75, 3.05) is 33.3 Å². The van der Waals surface area contributed by atoms with Gasteiger partial charge in [0.2, 0.25) is 0 Å². The fourth-order valence-electron chi connectivity index (χ4n) is 2.27. The maximum Gasteiger partial charge on any atom is 0.0494 e. The van der Waals surface area contributed by atoms with E-state index in [2.05, 4.69) is 31.1 Å². The van der Waals surface area contributed by atoms with E-state index in [9.17, 15) is 0 Å². The molecule has 0 atom stereocenters. The van der Waals surface area contributed by atoms with Crippen LogP contribution in [0, 0.1) is 5.41 Å². The number of likely N-dealkylation sites (N-methyl/N-ethyl adjacent to an activating group) is 1. The van der Waals surface area contributed by atoms with Gasteiger partial charge in [0.05, 0.1) is 0 Å². The molecule has 0 heterocycles. The Bertz CT molecular complexity index is 188. The highest BCUT2D eigenvalue weighted by molar-refractivity contribution is 4.76. The van der Waals surface area contributed by atoms with Gasteiger partial charge in [-0.3, -0.25) is 0 Å². The number of nitrogens with one attached hydrogen (secondary N) is 1. The smallest absolute Gasteiger partial charge is 0.0494 e. The predicted octanol–water partition coefficient (Wildman–Crippen LogP) is 1.47. The molecule has 2 N–H and O–H groups in total. The Morgan fingerprint density at radius 1 is 1.31 bits per heavy atom. The molecule has 1 rings (SSSR count). The molecule has 0 aromatic rings. The van der Waals surface area contributed by atoms with Gasteiger partial charge >= 0.3 is 0 Å². The summed E-state index contributed by atoms with van der Waals surface area (Å²) in [4.78, 5) is 2.48. The van der Waals surface area contributed by atoms with Gasteiger partial charge in [-0.1, -0.05) is 26.7 Å². The van der Waals surface area contributed by atoms with Crippen LogP contribution < -0.4 is 5.32 Å². The number of nitrogens with zero attached hydrogens (tertiary/aromatic N) is 1.